The maximum atomic E-state index is 5.63. The van der Waals surface area contributed by atoms with Gasteiger partial charge < -0.3 is 5.73 Å². The van der Waals surface area contributed by atoms with Crippen LogP contribution in [0.4, 0.5) is 0 Å². The molecule has 2 N–H and O–H groups in total. The first kappa shape index (κ1) is 8.20. The Morgan fingerprint density at radius 2 is 2.50 bits per heavy atom. The van der Waals surface area contributed by atoms with Crippen molar-refractivity contribution >= 4 is 15.9 Å². The largest absolute Gasteiger partial charge is 0.330 e. The molecule has 1 aromatic heterocycles. The number of nitrogens with two attached hydrogens (primary N) is 1. The van der Waals surface area contributed by atoms with Crippen LogP contribution in [0.15, 0.2) is 16.7 Å². The first-order chi connectivity index (χ1) is 5.81. The summed E-state index contributed by atoms with van der Waals surface area (Å²) in [4.78, 5) is 4.38. The average Bonchev–Trinajstić information content (AvgIpc) is 2.46. The molecule has 0 amide bonds. The van der Waals surface area contributed by atoms with Gasteiger partial charge in [0.1, 0.15) is 0 Å². The molecule has 0 fully saturated rings. The molecule has 64 valence electrons. The predicted molar refractivity (Wildman–Crippen MR) is 52.1 cm³/mol. The molecule has 1 unspecified atom stereocenters. The summed E-state index contributed by atoms with van der Waals surface area (Å²) in [6.07, 6.45) is 4.14. The van der Waals surface area contributed by atoms with Crippen LogP contribution in [-0.2, 0) is 6.42 Å². The summed E-state index contributed by atoms with van der Waals surface area (Å²) in [7, 11) is 0. The Hall–Kier alpha value is -0.410. The molecular weight excluding hydrogens is 216 g/mol. The van der Waals surface area contributed by atoms with Crippen molar-refractivity contribution in [2.75, 3.05) is 6.54 Å². The Balaban J connectivity index is 2.40. The van der Waals surface area contributed by atoms with E-state index >= 15 is 0 Å². The fraction of sp³-hybridized carbons (Fsp3) is 0.444. The van der Waals surface area contributed by atoms with Crippen LogP contribution in [0.2, 0.25) is 0 Å². The summed E-state index contributed by atoms with van der Waals surface area (Å²) < 4.78 is 1.07. The summed E-state index contributed by atoms with van der Waals surface area (Å²) in [6, 6.07) is 2.15. The number of rotatable bonds is 1. The Morgan fingerprint density at radius 3 is 3.25 bits per heavy atom. The maximum absolute atomic E-state index is 5.63. The third-order valence-corrected chi connectivity index (χ3v) is 2.84. The second-order valence-electron chi connectivity index (χ2n) is 3.17. The Morgan fingerprint density at radius 1 is 1.67 bits per heavy atom. The Bertz CT molecular complexity index is 299. The Labute approximate surface area is 80.3 Å². The van der Waals surface area contributed by atoms with Crippen LogP contribution in [0.3, 0.4) is 0 Å². The molecule has 0 aliphatic heterocycles. The van der Waals surface area contributed by atoms with Crippen molar-refractivity contribution in [2.24, 2.45) is 5.73 Å². The molecule has 0 saturated carbocycles. The molecule has 12 heavy (non-hydrogen) atoms. The zero-order chi connectivity index (χ0) is 8.55. The minimum atomic E-state index is 0.494. The molecule has 1 aliphatic carbocycles. The third-order valence-electron chi connectivity index (χ3n) is 2.40. The van der Waals surface area contributed by atoms with E-state index in [4.69, 9.17) is 5.73 Å². The summed E-state index contributed by atoms with van der Waals surface area (Å²) in [5.74, 6) is 0.494. The molecule has 2 nitrogen and oxygen atoms in total. The van der Waals surface area contributed by atoms with Gasteiger partial charge in [-0.25, -0.2) is 0 Å². The van der Waals surface area contributed by atoms with Crippen molar-refractivity contribution in [3.05, 3.63) is 28.0 Å². The SMILES string of the molecule is NCC1CCc2cc(Br)cnc21. The summed E-state index contributed by atoms with van der Waals surface area (Å²) >= 11 is 3.41. The fourth-order valence-corrected chi connectivity index (χ4v) is 2.13. The normalized spacial score (nSPS) is 21.0. The number of hydrogen-bond acceptors (Lipinski definition) is 2. The van der Waals surface area contributed by atoms with E-state index in [1.807, 2.05) is 6.20 Å². The summed E-state index contributed by atoms with van der Waals surface area (Å²) in [5.41, 5.74) is 8.20. The van der Waals surface area contributed by atoms with E-state index in [1.165, 1.54) is 11.3 Å². The van der Waals surface area contributed by atoms with Gasteiger partial charge in [0.25, 0.3) is 0 Å². The predicted octanol–water partition coefficient (Wildman–Crippen LogP) is 1.83. The smallest absolute Gasteiger partial charge is 0.0480 e. The summed E-state index contributed by atoms with van der Waals surface area (Å²) in [6.45, 7) is 0.724. The number of fused-ring (bicyclic) bond motifs is 1. The van der Waals surface area contributed by atoms with E-state index in [9.17, 15) is 0 Å². The van der Waals surface area contributed by atoms with Gasteiger partial charge in [-0.05, 0) is 40.4 Å². The number of aryl methyl sites for hydroxylation is 1. The van der Waals surface area contributed by atoms with Crippen LogP contribution in [0, 0.1) is 0 Å². The topological polar surface area (TPSA) is 38.9 Å². The van der Waals surface area contributed by atoms with E-state index < -0.39 is 0 Å². The lowest BCUT2D eigenvalue weighted by molar-refractivity contribution is 0.674. The van der Waals surface area contributed by atoms with E-state index in [0.717, 1.165) is 23.9 Å². The quantitative estimate of drug-likeness (QED) is 0.794. The van der Waals surface area contributed by atoms with Crippen molar-refractivity contribution in [1.82, 2.24) is 4.98 Å². The van der Waals surface area contributed by atoms with E-state index in [-0.39, 0.29) is 0 Å². The van der Waals surface area contributed by atoms with Crippen LogP contribution in [0.1, 0.15) is 23.6 Å². The molecule has 0 saturated heterocycles. The zero-order valence-corrected chi connectivity index (χ0v) is 8.34. The average molecular weight is 227 g/mol. The van der Waals surface area contributed by atoms with Crippen LogP contribution in [-0.4, -0.2) is 11.5 Å². The fourth-order valence-electron chi connectivity index (χ4n) is 1.76. The van der Waals surface area contributed by atoms with Crippen LogP contribution < -0.4 is 5.73 Å². The van der Waals surface area contributed by atoms with Crippen LogP contribution in [0.25, 0.3) is 0 Å². The van der Waals surface area contributed by atoms with Gasteiger partial charge in [-0.1, -0.05) is 0 Å². The van der Waals surface area contributed by atoms with Gasteiger partial charge in [0.2, 0.25) is 0 Å². The molecule has 1 atom stereocenters. The van der Waals surface area contributed by atoms with Crippen molar-refractivity contribution in [2.45, 2.75) is 18.8 Å². The van der Waals surface area contributed by atoms with Gasteiger partial charge in [-0.15, -0.1) is 0 Å². The van der Waals surface area contributed by atoms with Gasteiger partial charge in [0, 0.05) is 28.8 Å². The van der Waals surface area contributed by atoms with Crippen molar-refractivity contribution in [1.29, 1.82) is 0 Å². The van der Waals surface area contributed by atoms with Crippen molar-refractivity contribution in [3.8, 4) is 0 Å². The highest BCUT2D eigenvalue weighted by Gasteiger charge is 2.22. The molecular formula is C9H11BrN2. The van der Waals surface area contributed by atoms with E-state index in [2.05, 4.69) is 27.0 Å². The lowest BCUT2D eigenvalue weighted by Gasteiger charge is -2.05. The molecule has 0 spiro atoms. The lowest BCUT2D eigenvalue weighted by Crippen LogP contribution is -2.10. The van der Waals surface area contributed by atoms with Crippen molar-refractivity contribution < 1.29 is 0 Å². The highest BCUT2D eigenvalue weighted by atomic mass is 79.9. The second kappa shape index (κ2) is 3.15. The standard InChI is InChI=1S/C9H11BrN2/c10-8-3-6-1-2-7(4-11)9(6)12-5-8/h3,5,7H,1-2,4,11H2. The molecule has 1 heterocycles. The molecule has 2 rings (SSSR count). The van der Waals surface area contributed by atoms with Gasteiger partial charge in [0.05, 0.1) is 0 Å². The van der Waals surface area contributed by atoms with Gasteiger partial charge >= 0.3 is 0 Å². The van der Waals surface area contributed by atoms with E-state index in [0.29, 0.717) is 5.92 Å². The maximum Gasteiger partial charge on any atom is 0.0480 e. The first-order valence-corrected chi connectivity index (χ1v) is 4.95. The lowest BCUT2D eigenvalue weighted by atomic mass is 10.1. The highest BCUT2D eigenvalue weighted by Crippen LogP contribution is 2.31. The number of aromatic nitrogens is 1. The highest BCUT2D eigenvalue weighted by molar-refractivity contribution is 9.10. The van der Waals surface area contributed by atoms with Gasteiger partial charge in [0.15, 0.2) is 0 Å². The number of nitrogens with zero attached hydrogens (tertiary/aromatic N) is 1. The molecule has 3 heteroatoms. The molecule has 0 radical (unpaired) electrons. The van der Waals surface area contributed by atoms with Gasteiger partial charge in [-0.2, -0.15) is 0 Å². The van der Waals surface area contributed by atoms with Gasteiger partial charge in [-0.3, -0.25) is 4.98 Å². The summed E-state index contributed by atoms with van der Waals surface area (Å²) in [5, 5.41) is 0. The number of pyridine rings is 1. The second-order valence-corrected chi connectivity index (χ2v) is 4.08. The van der Waals surface area contributed by atoms with Crippen LogP contribution >= 0.6 is 15.9 Å². The zero-order valence-electron chi connectivity index (χ0n) is 6.76. The third kappa shape index (κ3) is 1.27. The molecule has 0 aromatic carbocycles. The van der Waals surface area contributed by atoms with E-state index in [1.54, 1.807) is 0 Å². The monoisotopic (exact) mass is 226 g/mol. The first-order valence-electron chi connectivity index (χ1n) is 4.15. The number of halogens is 1. The molecule has 1 aromatic rings. The van der Waals surface area contributed by atoms with Crippen molar-refractivity contribution in [3.63, 3.8) is 0 Å². The minimum absolute atomic E-state index is 0.494. The Kier molecular flexibility index (Phi) is 2.15. The molecule has 0 bridgehead atoms. The number of hydrogen-bond donors (Lipinski definition) is 1. The minimum Gasteiger partial charge on any atom is -0.330 e. The van der Waals surface area contributed by atoms with Crippen LogP contribution in [0.5, 0.6) is 0 Å². The molecule has 1 aliphatic rings.